The first-order valence-electron chi connectivity index (χ1n) is 8.65. The van der Waals surface area contributed by atoms with Crippen molar-refractivity contribution in [3.63, 3.8) is 0 Å². The molecule has 1 aliphatic heterocycles. The van der Waals surface area contributed by atoms with Gasteiger partial charge in [0.1, 0.15) is 11.4 Å². The number of carbonyl (C=O) groups excluding carboxylic acids is 1. The molecule has 0 bridgehead atoms. The Labute approximate surface area is 165 Å². The van der Waals surface area contributed by atoms with Gasteiger partial charge in [0.2, 0.25) is 10.0 Å². The molecular formula is C18H18F3N3O4S. The smallest absolute Gasteiger partial charge is 0.406 e. The minimum atomic E-state index is -4.85. The van der Waals surface area contributed by atoms with Gasteiger partial charge in [-0.05, 0) is 43.3 Å². The third-order valence-corrected chi connectivity index (χ3v) is 6.24. The van der Waals surface area contributed by atoms with Crippen LogP contribution in [0.15, 0.2) is 47.4 Å². The summed E-state index contributed by atoms with van der Waals surface area (Å²) >= 11 is 0. The Balaban J connectivity index is 1.66. The van der Waals surface area contributed by atoms with Crippen molar-refractivity contribution in [2.45, 2.75) is 18.2 Å². The van der Waals surface area contributed by atoms with Crippen LogP contribution in [0, 0.1) is 6.92 Å². The molecule has 1 aromatic heterocycles. The van der Waals surface area contributed by atoms with E-state index in [-0.39, 0.29) is 37.0 Å². The lowest BCUT2D eigenvalue weighted by atomic mass is 10.2. The number of halogens is 3. The topological polar surface area (TPSA) is 79.8 Å². The Morgan fingerprint density at radius 1 is 1.03 bits per heavy atom. The largest absolute Gasteiger partial charge is 0.573 e. The number of aryl methyl sites for hydroxylation is 1. The van der Waals surface area contributed by atoms with Crippen LogP contribution < -0.4 is 4.74 Å². The lowest BCUT2D eigenvalue weighted by Crippen LogP contribution is -2.50. The van der Waals surface area contributed by atoms with E-state index in [1.165, 1.54) is 9.21 Å². The summed E-state index contributed by atoms with van der Waals surface area (Å²) in [6.07, 6.45) is -4.85. The van der Waals surface area contributed by atoms with E-state index in [4.69, 9.17) is 0 Å². The first-order valence-corrected chi connectivity index (χ1v) is 10.1. The van der Waals surface area contributed by atoms with Gasteiger partial charge >= 0.3 is 6.36 Å². The fourth-order valence-electron chi connectivity index (χ4n) is 2.92. The Kier molecular flexibility index (Phi) is 5.80. The van der Waals surface area contributed by atoms with Crippen molar-refractivity contribution in [3.8, 4) is 5.75 Å². The van der Waals surface area contributed by atoms with Crippen LogP contribution in [-0.4, -0.2) is 61.1 Å². The molecule has 1 amide bonds. The van der Waals surface area contributed by atoms with Gasteiger partial charge in [0, 0.05) is 31.9 Å². The number of benzene rings is 1. The lowest BCUT2D eigenvalue weighted by molar-refractivity contribution is -0.274. The van der Waals surface area contributed by atoms with Crippen LogP contribution in [0.1, 0.15) is 16.2 Å². The molecule has 1 aromatic carbocycles. The number of nitrogens with zero attached hydrogens (tertiary/aromatic N) is 3. The SMILES string of the molecule is Cc1cccc(C(=O)N2CCN(S(=O)(=O)c3ccc(OC(F)(F)F)cc3)CC2)n1. The molecule has 0 atom stereocenters. The van der Waals surface area contributed by atoms with Crippen LogP contribution in [0.4, 0.5) is 13.2 Å². The molecule has 11 heteroatoms. The van der Waals surface area contributed by atoms with Gasteiger partial charge in [0.15, 0.2) is 0 Å². The Morgan fingerprint density at radius 2 is 1.66 bits per heavy atom. The van der Waals surface area contributed by atoms with E-state index in [0.717, 1.165) is 24.3 Å². The van der Waals surface area contributed by atoms with E-state index in [0.29, 0.717) is 11.4 Å². The van der Waals surface area contributed by atoms with Crippen LogP contribution in [0.25, 0.3) is 0 Å². The van der Waals surface area contributed by atoms with Gasteiger partial charge in [-0.15, -0.1) is 13.2 Å². The second kappa shape index (κ2) is 7.99. The van der Waals surface area contributed by atoms with E-state index < -0.39 is 22.1 Å². The molecule has 0 N–H and O–H groups in total. The monoisotopic (exact) mass is 429 g/mol. The number of amides is 1. The summed E-state index contributed by atoms with van der Waals surface area (Å²) in [5, 5.41) is 0. The molecule has 7 nitrogen and oxygen atoms in total. The predicted octanol–water partition coefficient (Wildman–Crippen LogP) is 2.44. The molecular weight excluding hydrogens is 411 g/mol. The number of piperazine rings is 1. The molecule has 0 saturated carbocycles. The average Bonchev–Trinajstić information content (AvgIpc) is 2.67. The second-order valence-electron chi connectivity index (χ2n) is 6.38. The quantitative estimate of drug-likeness (QED) is 0.746. The molecule has 0 unspecified atom stereocenters. The van der Waals surface area contributed by atoms with Crippen molar-refractivity contribution >= 4 is 15.9 Å². The van der Waals surface area contributed by atoms with Gasteiger partial charge in [-0.2, -0.15) is 4.31 Å². The minimum Gasteiger partial charge on any atom is -0.406 e. The van der Waals surface area contributed by atoms with Crippen LogP contribution >= 0.6 is 0 Å². The lowest BCUT2D eigenvalue weighted by Gasteiger charge is -2.33. The average molecular weight is 429 g/mol. The fraction of sp³-hybridized carbons (Fsp3) is 0.333. The maximum Gasteiger partial charge on any atom is 0.573 e. The van der Waals surface area contributed by atoms with Crippen LogP contribution in [0.2, 0.25) is 0 Å². The van der Waals surface area contributed by atoms with Crippen LogP contribution in [0.5, 0.6) is 5.75 Å². The number of carbonyl (C=O) groups is 1. The highest BCUT2D eigenvalue weighted by Gasteiger charge is 2.33. The zero-order chi connectivity index (χ0) is 21.2. The maximum atomic E-state index is 12.7. The van der Waals surface area contributed by atoms with E-state index in [1.54, 1.807) is 25.1 Å². The number of rotatable bonds is 4. The van der Waals surface area contributed by atoms with Crippen LogP contribution in [-0.2, 0) is 10.0 Å². The molecule has 0 spiro atoms. The highest BCUT2D eigenvalue weighted by atomic mass is 32.2. The first-order chi connectivity index (χ1) is 13.6. The summed E-state index contributed by atoms with van der Waals surface area (Å²) in [6, 6.07) is 9.11. The standard InChI is InChI=1S/C18H18F3N3O4S/c1-13-3-2-4-16(22-13)17(25)23-9-11-24(12-10-23)29(26,27)15-7-5-14(6-8-15)28-18(19,20)21/h2-8H,9-12H2,1H3. The molecule has 2 heterocycles. The molecule has 3 rings (SSSR count). The first kappa shape index (κ1) is 21.1. The van der Waals surface area contributed by atoms with E-state index in [9.17, 15) is 26.4 Å². The Morgan fingerprint density at radius 3 is 2.21 bits per heavy atom. The third kappa shape index (κ3) is 5.04. The molecule has 29 heavy (non-hydrogen) atoms. The summed E-state index contributed by atoms with van der Waals surface area (Å²) in [7, 11) is -3.90. The molecule has 1 fully saturated rings. The van der Waals surface area contributed by atoms with E-state index in [1.807, 2.05) is 0 Å². The normalized spacial score (nSPS) is 15.9. The van der Waals surface area contributed by atoms with Gasteiger partial charge in [0.25, 0.3) is 5.91 Å². The number of hydrogen-bond donors (Lipinski definition) is 0. The van der Waals surface area contributed by atoms with Gasteiger partial charge in [-0.25, -0.2) is 13.4 Å². The van der Waals surface area contributed by atoms with Gasteiger partial charge in [-0.3, -0.25) is 4.79 Å². The Bertz CT molecular complexity index is 986. The summed E-state index contributed by atoms with van der Waals surface area (Å²) in [5.41, 5.74) is 0.997. The van der Waals surface area contributed by atoms with Crippen LogP contribution in [0.3, 0.4) is 0 Å². The summed E-state index contributed by atoms with van der Waals surface area (Å²) < 4.78 is 67.1. The molecule has 0 radical (unpaired) electrons. The van der Waals surface area contributed by atoms with Crippen molar-refractivity contribution < 1.29 is 31.1 Å². The minimum absolute atomic E-state index is 0.0701. The van der Waals surface area contributed by atoms with Gasteiger partial charge in [-0.1, -0.05) is 6.07 Å². The van der Waals surface area contributed by atoms with Crippen molar-refractivity contribution in [3.05, 3.63) is 53.9 Å². The number of pyridine rings is 1. The highest BCUT2D eigenvalue weighted by Crippen LogP contribution is 2.25. The molecule has 2 aromatic rings. The number of ether oxygens (including phenoxy) is 1. The number of hydrogen-bond acceptors (Lipinski definition) is 5. The zero-order valence-electron chi connectivity index (χ0n) is 15.4. The molecule has 156 valence electrons. The number of sulfonamides is 1. The van der Waals surface area contributed by atoms with E-state index >= 15 is 0 Å². The van der Waals surface area contributed by atoms with Crippen molar-refractivity contribution in [2.75, 3.05) is 26.2 Å². The molecule has 1 saturated heterocycles. The maximum absolute atomic E-state index is 12.7. The van der Waals surface area contributed by atoms with Crippen molar-refractivity contribution in [1.82, 2.24) is 14.2 Å². The predicted molar refractivity (Wildman–Crippen MR) is 96.8 cm³/mol. The zero-order valence-corrected chi connectivity index (χ0v) is 16.2. The van der Waals surface area contributed by atoms with Gasteiger partial charge in [0.05, 0.1) is 4.90 Å². The highest BCUT2D eigenvalue weighted by molar-refractivity contribution is 7.89. The summed E-state index contributed by atoms with van der Waals surface area (Å²) in [5.74, 6) is -0.781. The Hall–Kier alpha value is -2.66. The van der Waals surface area contributed by atoms with Crippen molar-refractivity contribution in [1.29, 1.82) is 0 Å². The second-order valence-corrected chi connectivity index (χ2v) is 8.32. The van der Waals surface area contributed by atoms with Crippen molar-refractivity contribution in [2.24, 2.45) is 0 Å². The number of aromatic nitrogens is 1. The number of alkyl halides is 3. The van der Waals surface area contributed by atoms with Gasteiger partial charge < -0.3 is 9.64 Å². The van der Waals surface area contributed by atoms with E-state index in [2.05, 4.69) is 9.72 Å². The summed E-state index contributed by atoms with van der Waals surface area (Å²) in [4.78, 5) is 18.1. The summed E-state index contributed by atoms with van der Waals surface area (Å²) in [6.45, 7) is 2.28. The third-order valence-electron chi connectivity index (χ3n) is 4.33. The fourth-order valence-corrected chi connectivity index (χ4v) is 4.34. The molecule has 0 aliphatic carbocycles. The molecule has 1 aliphatic rings.